The summed E-state index contributed by atoms with van der Waals surface area (Å²) in [6, 6.07) is 8.67. The van der Waals surface area contributed by atoms with Gasteiger partial charge in [0.1, 0.15) is 18.2 Å². The summed E-state index contributed by atoms with van der Waals surface area (Å²) in [6.45, 7) is 2.46. The Kier molecular flexibility index (Phi) is 8.34. The lowest BCUT2D eigenvalue weighted by Crippen LogP contribution is -2.35. The van der Waals surface area contributed by atoms with Crippen molar-refractivity contribution in [2.24, 2.45) is 0 Å². The number of carbonyl (C=O) groups is 1. The molecule has 0 saturated carbocycles. The van der Waals surface area contributed by atoms with E-state index in [1.807, 2.05) is 22.1 Å². The summed E-state index contributed by atoms with van der Waals surface area (Å²) >= 11 is 1.34. The molecule has 1 aliphatic heterocycles. The first-order valence-electron chi connectivity index (χ1n) is 11.8. The van der Waals surface area contributed by atoms with E-state index in [2.05, 4.69) is 0 Å². The smallest absolute Gasteiger partial charge is 0.323 e. The van der Waals surface area contributed by atoms with Crippen LogP contribution in [0, 0.1) is 11.6 Å². The Bertz CT molecular complexity index is 1580. The number of aryl methyl sites for hydroxylation is 2. The van der Waals surface area contributed by atoms with Gasteiger partial charge in [0.15, 0.2) is 11.0 Å². The summed E-state index contributed by atoms with van der Waals surface area (Å²) in [4.78, 5) is 13.7. The Morgan fingerprint density at radius 1 is 1.11 bits per heavy atom. The number of carboxylic acids is 1. The van der Waals surface area contributed by atoms with Crippen molar-refractivity contribution in [2.45, 2.75) is 31.3 Å². The minimum atomic E-state index is -4.13. The van der Waals surface area contributed by atoms with Crippen molar-refractivity contribution in [2.75, 3.05) is 17.2 Å². The molecule has 0 amide bonds. The van der Waals surface area contributed by atoms with Gasteiger partial charge in [0.25, 0.3) is 15.9 Å². The maximum Gasteiger partial charge on any atom is 0.323 e. The third kappa shape index (κ3) is 6.32. The van der Waals surface area contributed by atoms with Gasteiger partial charge in [0.05, 0.1) is 29.6 Å². The number of anilines is 1. The summed E-state index contributed by atoms with van der Waals surface area (Å²) in [5.41, 5.74) is 1.88. The van der Waals surface area contributed by atoms with Crippen molar-refractivity contribution < 1.29 is 36.2 Å². The Hall–Kier alpha value is -3.48. The fourth-order valence-electron chi connectivity index (χ4n) is 4.33. The van der Waals surface area contributed by atoms with Gasteiger partial charge < -0.3 is 10.0 Å². The van der Waals surface area contributed by atoms with Crippen LogP contribution in [-0.4, -0.2) is 40.9 Å². The van der Waals surface area contributed by atoms with Crippen LogP contribution in [0.3, 0.4) is 0 Å². The maximum atomic E-state index is 14.0. The summed E-state index contributed by atoms with van der Waals surface area (Å²) in [5.74, 6) is -1.61. The zero-order valence-corrected chi connectivity index (χ0v) is 22.1. The van der Waals surface area contributed by atoms with Crippen LogP contribution in [0.5, 0.6) is 0 Å². The van der Waals surface area contributed by atoms with E-state index >= 15 is 0 Å². The van der Waals surface area contributed by atoms with Gasteiger partial charge in [-0.2, -0.15) is 8.42 Å². The van der Waals surface area contributed by atoms with Crippen LogP contribution in [0.4, 0.5) is 14.5 Å². The van der Waals surface area contributed by atoms with E-state index in [0.29, 0.717) is 28.6 Å². The van der Waals surface area contributed by atoms with E-state index in [-0.39, 0.29) is 19.5 Å². The Morgan fingerprint density at radius 3 is 2.55 bits per heavy atom. The van der Waals surface area contributed by atoms with E-state index in [1.54, 1.807) is 36.4 Å². The number of carboxylic acid groups (broad SMARTS) is 1. The summed E-state index contributed by atoms with van der Waals surface area (Å²) in [6.07, 6.45) is 8.93. The van der Waals surface area contributed by atoms with Gasteiger partial charge in [0, 0.05) is 23.5 Å². The standard InChI is InChI=1S/C26H25F2N3O5S2/c1-2-29-20-11-9-18(27)15-21(20)30(13-6-14-38(34,35)36)24(29)7-4-3-5-8-25-31(17-26(32)33)22-16-19(28)10-12-23(22)37-25/h3-5,7-12,15-16H,2,6,13-14,17H2,1H3,(H-,32,33,34,35,36)/p+1. The molecule has 2 heterocycles. The average Bonchev–Trinajstić information content (AvgIpc) is 3.32. The Morgan fingerprint density at radius 2 is 1.84 bits per heavy atom. The quantitative estimate of drug-likeness (QED) is 0.211. The summed E-state index contributed by atoms with van der Waals surface area (Å²) < 4.78 is 63.1. The van der Waals surface area contributed by atoms with E-state index in [0.717, 1.165) is 10.4 Å². The van der Waals surface area contributed by atoms with Crippen LogP contribution in [0.1, 0.15) is 19.2 Å². The van der Waals surface area contributed by atoms with E-state index in [9.17, 15) is 27.1 Å². The molecule has 12 heteroatoms. The lowest BCUT2D eigenvalue weighted by Gasteiger charge is -2.17. The van der Waals surface area contributed by atoms with Gasteiger partial charge in [-0.3, -0.25) is 9.35 Å². The number of thioether (sulfide) groups is 1. The molecule has 0 spiro atoms. The monoisotopic (exact) mass is 562 g/mol. The molecule has 0 bridgehead atoms. The molecule has 38 heavy (non-hydrogen) atoms. The SMILES string of the molecule is CC[n+]1c(C=CC=CC=C2Sc3ccc(F)cc3N2CC(=O)O)n(CCCS(=O)(=O)O)c2cc(F)ccc21. The highest BCUT2D eigenvalue weighted by atomic mass is 32.2. The van der Waals surface area contributed by atoms with Gasteiger partial charge in [-0.15, -0.1) is 0 Å². The van der Waals surface area contributed by atoms with Crippen LogP contribution in [0.25, 0.3) is 17.1 Å². The molecule has 1 aromatic heterocycles. The number of aromatic nitrogens is 2. The second-order valence-electron chi connectivity index (χ2n) is 8.47. The van der Waals surface area contributed by atoms with Crippen molar-refractivity contribution >= 4 is 50.6 Å². The average molecular weight is 563 g/mol. The summed E-state index contributed by atoms with van der Waals surface area (Å²) in [7, 11) is -4.13. The zero-order chi connectivity index (χ0) is 27.4. The fourth-order valence-corrected chi connectivity index (χ4v) is 5.87. The predicted molar refractivity (Wildman–Crippen MR) is 142 cm³/mol. The molecule has 0 radical (unpaired) electrons. The number of aliphatic carboxylic acids is 1. The molecule has 2 aromatic carbocycles. The van der Waals surface area contributed by atoms with Crippen molar-refractivity contribution in [3.63, 3.8) is 0 Å². The molecular weight excluding hydrogens is 536 g/mol. The second-order valence-corrected chi connectivity index (χ2v) is 11.1. The number of benzene rings is 2. The highest BCUT2D eigenvalue weighted by molar-refractivity contribution is 8.03. The first-order chi connectivity index (χ1) is 18.1. The van der Waals surface area contributed by atoms with Crippen LogP contribution in [-0.2, 0) is 28.0 Å². The predicted octanol–water partition coefficient (Wildman–Crippen LogP) is 4.61. The van der Waals surface area contributed by atoms with Gasteiger partial charge in [-0.1, -0.05) is 30.0 Å². The van der Waals surface area contributed by atoms with E-state index < -0.39 is 33.5 Å². The molecule has 4 rings (SSSR count). The first-order valence-corrected chi connectivity index (χ1v) is 14.2. The lowest BCUT2D eigenvalue weighted by molar-refractivity contribution is -0.670. The molecule has 0 atom stereocenters. The highest BCUT2D eigenvalue weighted by Crippen LogP contribution is 2.46. The Labute approximate surface area is 222 Å². The summed E-state index contributed by atoms with van der Waals surface area (Å²) in [5, 5.41) is 9.94. The third-order valence-electron chi connectivity index (χ3n) is 5.86. The number of hydrogen-bond donors (Lipinski definition) is 2. The second kappa shape index (κ2) is 11.5. The van der Waals surface area contributed by atoms with Crippen molar-refractivity contribution in [3.8, 4) is 0 Å². The number of hydrogen-bond acceptors (Lipinski definition) is 5. The number of fused-ring (bicyclic) bond motifs is 2. The van der Waals surface area contributed by atoms with Crippen LogP contribution in [0.2, 0.25) is 0 Å². The van der Waals surface area contributed by atoms with E-state index in [1.165, 1.54) is 40.9 Å². The lowest BCUT2D eigenvalue weighted by atomic mass is 10.3. The van der Waals surface area contributed by atoms with Gasteiger partial charge >= 0.3 is 5.97 Å². The molecule has 1 aliphatic rings. The minimum Gasteiger partial charge on any atom is -0.480 e. The molecule has 0 aliphatic carbocycles. The number of halogens is 2. The van der Waals surface area contributed by atoms with Crippen LogP contribution in [0.15, 0.2) is 70.6 Å². The van der Waals surface area contributed by atoms with Gasteiger partial charge in [-0.25, -0.2) is 17.9 Å². The van der Waals surface area contributed by atoms with Crippen molar-refractivity contribution in [1.82, 2.24) is 4.57 Å². The number of imidazole rings is 1. The number of nitrogens with zero attached hydrogens (tertiary/aromatic N) is 3. The van der Waals surface area contributed by atoms with Crippen molar-refractivity contribution in [1.29, 1.82) is 0 Å². The van der Waals surface area contributed by atoms with Crippen LogP contribution >= 0.6 is 11.8 Å². The highest BCUT2D eigenvalue weighted by Gasteiger charge is 2.27. The molecule has 0 unspecified atom stereocenters. The molecule has 200 valence electrons. The zero-order valence-electron chi connectivity index (χ0n) is 20.4. The normalized spacial score (nSPS) is 14.9. The molecule has 2 N–H and O–H groups in total. The number of rotatable bonds is 10. The fraction of sp³-hybridized carbons (Fsp3) is 0.231. The van der Waals surface area contributed by atoms with E-state index in [4.69, 9.17) is 4.55 Å². The maximum absolute atomic E-state index is 14.0. The molecule has 3 aromatic rings. The molecule has 8 nitrogen and oxygen atoms in total. The van der Waals surface area contributed by atoms with Crippen LogP contribution < -0.4 is 9.47 Å². The van der Waals surface area contributed by atoms with Gasteiger partial charge in [0.2, 0.25) is 0 Å². The first kappa shape index (κ1) is 27.6. The molecule has 0 saturated heterocycles. The Balaban J connectivity index is 1.62. The molecular formula is C26H26F2N3O5S2+. The largest absolute Gasteiger partial charge is 0.480 e. The van der Waals surface area contributed by atoms with Crippen molar-refractivity contribution in [3.05, 3.63) is 83.2 Å². The topological polar surface area (TPSA) is 104 Å². The minimum absolute atomic E-state index is 0.142. The third-order valence-corrected chi connectivity index (χ3v) is 7.80. The van der Waals surface area contributed by atoms with Gasteiger partial charge in [-0.05, 0) is 43.3 Å². The molecule has 0 fully saturated rings. The number of allylic oxidation sites excluding steroid dienone is 4.